The molecule has 0 bridgehead atoms. The number of nitrogens with zero attached hydrogens (tertiary/aromatic N) is 1. The van der Waals surface area contributed by atoms with Crippen LogP contribution < -0.4 is 5.11 Å². The number of esters is 2. The van der Waals surface area contributed by atoms with Gasteiger partial charge in [-0.25, -0.2) is 0 Å². The SMILES string of the molecule is CC/C=C/C=C/C=C/CCCCCCCCCC(=O)OC(COCCC(C(=O)[O-])[N+](C)(C)C)COC(=O)CCCCCCCC/C=C/C/C=C/C/C=C/CC. The quantitative estimate of drug-likeness (QED) is 0.0204. The Balaban J connectivity index is 4.40. The van der Waals surface area contributed by atoms with Crippen molar-refractivity contribution in [3.63, 3.8) is 0 Å². The van der Waals surface area contributed by atoms with Crippen LogP contribution in [0.15, 0.2) is 72.9 Å². The van der Waals surface area contributed by atoms with Gasteiger partial charge in [0.05, 0.1) is 40.3 Å². The monoisotopic (exact) mass is 770 g/mol. The number of unbranched alkanes of at least 4 members (excludes halogenated alkanes) is 13. The lowest BCUT2D eigenvalue weighted by Gasteiger charge is -2.34. The summed E-state index contributed by atoms with van der Waals surface area (Å²) in [4.78, 5) is 36.8. The molecule has 55 heavy (non-hydrogen) atoms. The number of carboxylic acids is 1. The van der Waals surface area contributed by atoms with Crippen molar-refractivity contribution < 1.29 is 38.2 Å². The average molecular weight is 770 g/mol. The molecule has 8 nitrogen and oxygen atoms in total. The van der Waals surface area contributed by atoms with Crippen molar-refractivity contribution >= 4 is 17.9 Å². The standard InChI is InChI=1S/C47H79NO7/c1-6-8-10-12-14-16-18-20-22-24-25-27-29-31-33-35-37-45(49)54-42-43(41-53-40-39-44(47(51)52)48(3,4)5)55-46(50)38-36-34-32-30-28-26-23-21-19-17-15-13-11-9-7-2/h8-11,13-17,19-20,22,43-44H,6-7,12,18,21,23-42H2,1-5H3/b10-8+,11-9+,15-13+,16-14+,19-17+,22-20+. The number of allylic oxidation sites excluding steroid dienone is 12. The zero-order valence-electron chi connectivity index (χ0n) is 35.6. The van der Waals surface area contributed by atoms with Gasteiger partial charge in [0, 0.05) is 19.3 Å². The summed E-state index contributed by atoms with van der Waals surface area (Å²) in [5, 5.41) is 11.6. The summed E-state index contributed by atoms with van der Waals surface area (Å²) in [6, 6.07) is -0.733. The number of carbonyl (C=O) groups is 3. The Bertz CT molecular complexity index is 1130. The number of rotatable bonds is 37. The third kappa shape index (κ3) is 36.2. The van der Waals surface area contributed by atoms with Crippen LogP contribution in [0.1, 0.15) is 155 Å². The largest absolute Gasteiger partial charge is 0.544 e. The highest BCUT2D eigenvalue weighted by Gasteiger charge is 2.25. The third-order valence-corrected chi connectivity index (χ3v) is 9.15. The van der Waals surface area contributed by atoms with Crippen molar-refractivity contribution in [2.24, 2.45) is 0 Å². The van der Waals surface area contributed by atoms with Crippen LogP contribution >= 0.6 is 0 Å². The Hall–Kier alpha value is -3.23. The van der Waals surface area contributed by atoms with Gasteiger partial charge in [0.25, 0.3) is 0 Å². The fourth-order valence-corrected chi connectivity index (χ4v) is 5.85. The number of carbonyl (C=O) groups excluding carboxylic acids is 3. The van der Waals surface area contributed by atoms with Crippen LogP contribution in [-0.4, -0.2) is 75.5 Å². The minimum absolute atomic E-state index is 0.0276. The van der Waals surface area contributed by atoms with Crippen LogP contribution in [0, 0.1) is 0 Å². The molecule has 0 rings (SSSR count). The molecule has 0 aromatic carbocycles. The minimum Gasteiger partial charge on any atom is -0.544 e. The molecular weight excluding hydrogens is 691 g/mol. The second kappa shape index (κ2) is 37.7. The van der Waals surface area contributed by atoms with E-state index in [0.717, 1.165) is 89.9 Å². The number of quaternary nitrogens is 1. The zero-order chi connectivity index (χ0) is 40.7. The highest BCUT2D eigenvalue weighted by atomic mass is 16.6. The third-order valence-electron chi connectivity index (χ3n) is 9.15. The average Bonchev–Trinajstić information content (AvgIpc) is 3.14. The van der Waals surface area contributed by atoms with E-state index in [2.05, 4.69) is 86.8 Å². The predicted molar refractivity (Wildman–Crippen MR) is 226 cm³/mol. The molecular formula is C47H79NO7. The molecule has 0 spiro atoms. The number of aliphatic carboxylic acids is 1. The molecule has 0 aliphatic carbocycles. The van der Waals surface area contributed by atoms with Gasteiger partial charge in [-0.1, -0.05) is 145 Å². The summed E-state index contributed by atoms with van der Waals surface area (Å²) in [5.74, 6) is -1.78. The first-order valence-electron chi connectivity index (χ1n) is 21.5. The maximum Gasteiger partial charge on any atom is 0.306 e. The highest BCUT2D eigenvalue weighted by molar-refractivity contribution is 5.70. The first kappa shape index (κ1) is 51.8. The number of hydrogen-bond donors (Lipinski definition) is 0. The van der Waals surface area contributed by atoms with Crippen molar-refractivity contribution in [1.29, 1.82) is 0 Å². The minimum atomic E-state index is -1.13. The molecule has 0 fully saturated rings. The molecule has 0 aliphatic heterocycles. The lowest BCUT2D eigenvalue weighted by atomic mass is 10.1. The molecule has 2 unspecified atom stereocenters. The maximum atomic E-state index is 12.7. The van der Waals surface area contributed by atoms with Gasteiger partial charge in [0.1, 0.15) is 12.6 Å². The Morgan fingerprint density at radius 3 is 1.62 bits per heavy atom. The van der Waals surface area contributed by atoms with Gasteiger partial charge in [-0.3, -0.25) is 9.59 Å². The summed E-state index contributed by atoms with van der Waals surface area (Å²) in [6.45, 7) is 4.38. The number of hydrogen-bond acceptors (Lipinski definition) is 7. The van der Waals surface area contributed by atoms with Crippen LogP contribution in [0.3, 0.4) is 0 Å². The first-order chi connectivity index (χ1) is 26.6. The van der Waals surface area contributed by atoms with E-state index >= 15 is 0 Å². The predicted octanol–water partition coefficient (Wildman–Crippen LogP) is 10.2. The van der Waals surface area contributed by atoms with Crippen molar-refractivity contribution in [2.75, 3.05) is 41.0 Å². The van der Waals surface area contributed by atoms with Crippen LogP contribution in [0.25, 0.3) is 0 Å². The van der Waals surface area contributed by atoms with Crippen LogP contribution in [0.4, 0.5) is 0 Å². The molecule has 0 N–H and O–H groups in total. The van der Waals surface area contributed by atoms with E-state index in [0.29, 0.717) is 12.8 Å². The Morgan fingerprint density at radius 2 is 1.05 bits per heavy atom. The lowest BCUT2D eigenvalue weighted by Crippen LogP contribution is -2.55. The molecule has 8 heteroatoms. The smallest absolute Gasteiger partial charge is 0.306 e. The molecule has 0 amide bonds. The van der Waals surface area contributed by atoms with Gasteiger partial charge in [-0.15, -0.1) is 0 Å². The van der Waals surface area contributed by atoms with Gasteiger partial charge in [0.2, 0.25) is 0 Å². The van der Waals surface area contributed by atoms with E-state index in [9.17, 15) is 19.5 Å². The topological polar surface area (TPSA) is 102 Å². The molecule has 0 aliphatic rings. The van der Waals surface area contributed by atoms with Gasteiger partial charge in [-0.05, 0) is 64.2 Å². The van der Waals surface area contributed by atoms with Crippen LogP contribution in [-0.2, 0) is 28.6 Å². The van der Waals surface area contributed by atoms with Gasteiger partial charge in [0.15, 0.2) is 6.10 Å². The van der Waals surface area contributed by atoms with E-state index in [1.807, 2.05) is 0 Å². The van der Waals surface area contributed by atoms with E-state index in [1.165, 1.54) is 32.1 Å². The fourth-order valence-electron chi connectivity index (χ4n) is 5.85. The van der Waals surface area contributed by atoms with Gasteiger partial charge >= 0.3 is 11.9 Å². The van der Waals surface area contributed by atoms with E-state index < -0.39 is 18.1 Å². The fraction of sp³-hybridized carbons (Fsp3) is 0.681. The molecule has 2 atom stereocenters. The Morgan fingerprint density at radius 1 is 0.564 bits per heavy atom. The van der Waals surface area contributed by atoms with Crippen molar-refractivity contribution in [3.05, 3.63) is 72.9 Å². The van der Waals surface area contributed by atoms with Crippen molar-refractivity contribution in [1.82, 2.24) is 0 Å². The molecule has 0 heterocycles. The van der Waals surface area contributed by atoms with Crippen molar-refractivity contribution in [3.8, 4) is 0 Å². The molecule has 0 saturated heterocycles. The molecule has 0 saturated carbocycles. The normalized spacial score (nSPS) is 13.7. The van der Waals surface area contributed by atoms with Crippen LogP contribution in [0.2, 0.25) is 0 Å². The van der Waals surface area contributed by atoms with Crippen molar-refractivity contribution in [2.45, 2.75) is 167 Å². The summed E-state index contributed by atoms with van der Waals surface area (Å²) < 4.78 is 17.1. The second-order valence-electron chi connectivity index (χ2n) is 15.2. The zero-order valence-corrected chi connectivity index (χ0v) is 35.6. The van der Waals surface area contributed by atoms with Crippen LogP contribution in [0.5, 0.6) is 0 Å². The molecule has 0 aromatic rings. The number of carboxylic acid groups (broad SMARTS) is 1. The molecule has 314 valence electrons. The molecule has 0 radical (unpaired) electrons. The second-order valence-corrected chi connectivity index (χ2v) is 15.2. The van der Waals surface area contributed by atoms with E-state index in [4.69, 9.17) is 14.2 Å². The maximum absolute atomic E-state index is 12.7. The Labute approximate surface area is 336 Å². The summed E-state index contributed by atoms with van der Waals surface area (Å²) >= 11 is 0. The highest BCUT2D eigenvalue weighted by Crippen LogP contribution is 2.13. The van der Waals surface area contributed by atoms with Gasteiger partial charge < -0.3 is 28.6 Å². The summed E-state index contributed by atoms with van der Waals surface area (Å²) in [6.07, 6.45) is 46.3. The number of ether oxygens (including phenoxy) is 3. The summed E-state index contributed by atoms with van der Waals surface area (Å²) in [5.41, 5.74) is 0. The Kier molecular flexibility index (Phi) is 35.5. The summed E-state index contributed by atoms with van der Waals surface area (Å²) in [7, 11) is 5.39. The molecule has 0 aromatic heterocycles. The first-order valence-corrected chi connectivity index (χ1v) is 21.5. The van der Waals surface area contributed by atoms with E-state index in [1.54, 1.807) is 21.1 Å². The van der Waals surface area contributed by atoms with E-state index in [-0.39, 0.29) is 42.7 Å². The van der Waals surface area contributed by atoms with Gasteiger partial charge in [-0.2, -0.15) is 0 Å². The number of likely N-dealkylation sites (N-methyl/N-ethyl adjacent to an activating group) is 1. The lowest BCUT2D eigenvalue weighted by molar-refractivity contribution is -0.889.